The average molecular weight is 505 g/mol. The van der Waals surface area contributed by atoms with Crippen LogP contribution in [0, 0.1) is 50.7 Å². The Balaban J connectivity index is 1.67. The smallest absolute Gasteiger partial charge is 0.310 e. The molecule has 204 valence electrons. The summed E-state index contributed by atoms with van der Waals surface area (Å²) in [5, 5.41) is 55.9. The third-order valence-electron chi connectivity index (χ3n) is 13.6. The van der Waals surface area contributed by atoms with Crippen LogP contribution in [0.15, 0.2) is 11.6 Å². The molecule has 0 heterocycles. The lowest BCUT2D eigenvalue weighted by atomic mass is 9.32. The van der Waals surface area contributed by atoms with Crippen LogP contribution in [-0.2, 0) is 4.79 Å². The van der Waals surface area contributed by atoms with E-state index in [1.54, 1.807) is 0 Å². The summed E-state index contributed by atoms with van der Waals surface area (Å²) in [6.07, 6.45) is 4.02. The Morgan fingerprint density at radius 3 is 2.14 bits per heavy atom. The molecule has 4 saturated carbocycles. The van der Waals surface area contributed by atoms with E-state index in [1.807, 2.05) is 27.7 Å². The maximum atomic E-state index is 12.8. The van der Waals surface area contributed by atoms with Gasteiger partial charge >= 0.3 is 5.97 Å². The van der Waals surface area contributed by atoms with Crippen molar-refractivity contribution in [1.29, 1.82) is 0 Å². The van der Waals surface area contributed by atoms with Crippen molar-refractivity contribution in [2.45, 2.75) is 117 Å². The van der Waals surface area contributed by atoms with Crippen molar-refractivity contribution < 1.29 is 30.3 Å². The van der Waals surface area contributed by atoms with Gasteiger partial charge in [-0.15, -0.1) is 0 Å². The largest absolute Gasteiger partial charge is 0.481 e. The number of carboxylic acid groups (broad SMARTS) is 1. The number of aliphatic hydroxyl groups excluding tert-OH is 3. The minimum absolute atomic E-state index is 0.00890. The van der Waals surface area contributed by atoms with E-state index in [9.17, 15) is 30.3 Å². The number of rotatable bonds is 1. The summed E-state index contributed by atoms with van der Waals surface area (Å²) in [6.45, 7) is 14.7. The molecule has 0 spiro atoms. The SMILES string of the molecule is C[C@@H]1CC[C@]2(C(=O)O)CC[C@]3(C)C(=CC[C@@H]4[C@@]5(C)C(O)[C@H](O)[C@@H](O)C(C)(C)[C@@H]5CC[C@]43C)[C@@H]2[C@]1(C)O. The second-order valence-electron chi connectivity index (χ2n) is 14.9. The molecule has 5 rings (SSSR count). The lowest BCUT2D eigenvalue weighted by Crippen LogP contribution is -2.72. The Bertz CT molecular complexity index is 986. The zero-order valence-corrected chi connectivity index (χ0v) is 23.2. The number of aliphatic carboxylic acids is 1. The van der Waals surface area contributed by atoms with E-state index in [0.717, 1.165) is 24.8 Å². The lowest BCUT2D eigenvalue weighted by Gasteiger charge is -2.72. The number of fused-ring (bicyclic) bond motifs is 7. The van der Waals surface area contributed by atoms with Crippen LogP contribution in [0.1, 0.15) is 93.4 Å². The van der Waals surface area contributed by atoms with Crippen LogP contribution >= 0.6 is 0 Å². The third-order valence-corrected chi connectivity index (χ3v) is 13.6. The molecule has 6 heteroatoms. The van der Waals surface area contributed by atoms with Gasteiger partial charge in [-0.2, -0.15) is 0 Å². The van der Waals surface area contributed by atoms with E-state index in [-0.39, 0.29) is 28.6 Å². The van der Waals surface area contributed by atoms with Gasteiger partial charge in [0.1, 0.15) is 6.10 Å². The molecule has 36 heavy (non-hydrogen) atoms. The van der Waals surface area contributed by atoms with Crippen molar-refractivity contribution in [2.75, 3.05) is 0 Å². The average Bonchev–Trinajstić information content (AvgIpc) is 2.79. The summed E-state index contributed by atoms with van der Waals surface area (Å²) in [5.41, 5.74) is -2.63. The summed E-state index contributed by atoms with van der Waals surface area (Å²) in [5.74, 6) is -1.10. The Hall–Kier alpha value is -0.950. The topological polar surface area (TPSA) is 118 Å². The highest BCUT2D eigenvalue weighted by Crippen LogP contribution is 2.76. The van der Waals surface area contributed by atoms with Gasteiger partial charge in [-0.1, -0.05) is 53.2 Å². The number of carboxylic acids is 1. The first-order valence-electron chi connectivity index (χ1n) is 14.1. The van der Waals surface area contributed by atoms with Gasteiger partial charge in [0, 0.05) is 11.3 Å². The van der Waals surface area contributed by atoms with Crippen molar-refractivity contribution in [1.82, 2.24) is 0 Å². The lowest BCUT2D eigenvalue weighted by molar-refractivity contribution is -0.279. The monoisotopic (exact) mass is 504 g/mol. The van der Waals surface area contributed by atoms with E-state index in [4.69, 9.17) is 0 Å². The zero-order valence-electron chi connectivity index (χ0n) is 23.2. The third kappa shape index (κ3) is 2.80. The molecule has 0 aromatic heterocycles. The number of allylic oxidation sites excluding steroid dienone is 1. The van der Waals surface area contributed by atoms with E-state index >= 15 is 0 Å². The summed E-state index contributed by atoms with van der Waals surface area (Å²) < 4.78 is 0. The van der Waals surface area contributed by atoms with Gasteiger partial charge < -0.3 is 25.5 Å². The van der Waals surface area contributed by atoms with Gasteiger partial charge in [0.2, 0.25) is 0 Å². The predicted octanol–water partition coefficient (Wildman–Crippen LogP) is 4.15. The van der Waals surface area contributed by atoms with Crippen LogP contribution < -0.4 is 0 Å². The molecule has 0 aromatic carbocycles. The van der Waals surface area contributed by atoms with Crippen molar-refractivity contribution in [2.24, 2.45) is 50.7 Å². The first-order chi connectivity index (χ1) is 16.4. The molecule has 0 bridgehead atoms. The van der Waals surface area contributed by atoms with E-state index in [2.05, 4.69) is 26.8 Å². The number of hydrogen-bond acceptors (Lipinski definition) is 5. The molecule has 5 N–H and O–H groups in total. The quantitative estimate of drug-likeness (QED) is 0.343. The summed E-state index contributed by atoms with van der Waals surface area (Å²) in [4.78, 5) is 12.8. The van der Waals surface area contributed by atoms with E-state index in [0.29, 0.717) is 25.7 Å². The van der Waals surface area contributed by atoms with Crippen molar-refractivity contribution in [3.63, 3.8) is 0 Å². The van der Waals surface area contributed by atoms with Gasteiger partial charge in [-0.3, -0.25) is 4.79 Å². The van der Waals surface area contributed by atoms with Gasteiger partial charge in [-0.25, -0.2) is 0 Å². The standard InChI is InChI=1S/C30H48O6/c1-16-10-13-30(24(34)35)15-14-26(4)17(21(30)29(16,7)36)8-9-19-27(26,5)12-11-18-25(2,3)22(32)20(31)23(33)28(18,19)6/h8,16,18-23,31-33,36H,9-15H2,1-7H3,(H,34,35)/t16-,18+,19+,20-,21-,22-,23?,26-,27-,28+,29-,30+/m1/s1. The Labute approximate surface area is 216 Å². The summed E-state index contributed by atoms with van der Waals surface area (Å²) in [7, 11) is 0. The molecular weight excluding hydrogens is 456 g/mol. The van der Waals surface area contributed by atoms with Gasteiger partial charge in [0.15, 0.2) is 0 Å². The number of hydrogen-bond donors (Lipinski definition) is 5. The first kappa shape index (κ1) is 26.6. The van der Waals surface area contributed by atoms with Gasteiger partial charge in [0.25, 0.3) is 0 Å². The minimum atomic E-state index is -1.20. The molecule has 0 aromatic rings. The fourth-order valence-corrected chi connectivity index (χ4v) is 10.9. The highest BCUT2D eigenvalue weighted by molar-refractivity contribution is 5.77. The van der Waals surface area contributed by atoms with Crippen LogP contribution in [0.4, 0.5) is 0 Å². The summed E-state index contributed by atoms with van der Waals surface area (Å²) >= 11 is 0. The Morgan fingerprint density at radius 2 is 1.53 bits per heavy atom. The molecule has 0 saturated heterocycles. The highest BCUT2D eigenvalue weighted by Gasteiger charge is 2.73. The van der Waals surface area contributed by atoms with E-state index in [1.165, 1.54) is 0 Å². The van der Waals surface area contributed by atoms with Crippen molar-refractivity contribution >= 4 is 5.97 Å². The molecule has 0 radical (unpaired) electrons. The molecule has 4 fully saturated rings. The Kier molecular flexibility index (Phi) is 5.61. The normalized spacial score (nSPS) is 58.0. The van der Waals surface area contributed by atoms with Crippen molar-refractivity contribution in [3.05, 3.63) is 11.6 Å². The van der Waals surface area contributed by atoms with Crippen molar-refractivity contribution in [3.8, 4) is 0 Å². The minimum Gasteiger partial charge on any atom is -0.481 e. The molecule has 5 aliphatic rings. The van der Waals surface area contributed by atoms with Gasteiger partial charge in [-0.05, 0) is 85.9 Å². The maximum Gasteiger partial charge on any atom is 0.310 e. The molecule has 5 aliphatic carbocycles. The van der Waals surface area contributed by atoms with Crippen LogP contribution in [0.25, 0.3) is 0 Å². The van der Waals surface area contributed by atoms with Crippen LogP contribution in [0.5, 0.6) is 0 Å². The zero-order chi connectivity index (χ0) is 26.9. The molecular formula is C30H48O6. The number of carbonyl (C=O) groups is 1. The molecule has 6 nitrogen and oxygen atoms in total. The molecule has 0 amide bonds. The van der Waals surface area contributed by atoms with Crippen LogP contribution in [0.2, 0.25) is 0 Å². The Morgan fingerprint density at radius 1 is 0.889 bits per heavy atom. The predicted molar refractivity (Wildman–Crippen MR) is 137 cm³/mol. The molecule has 1 unspecified atom stereocenters. The van der Waals surface area contributed by atoms with Gasteiger partial charge in [0.05, 0.1) is 23.2 Å². The molecule has 0 aliphatic heterocycles. The maximum absolute atomic E-state index is 12.8. The van der Waals surface area contributed by atoms with E-state index < -0.39 is 52.0 Å². The number of aliphatic hydroxyl groups is 4. The highest BCUT2D eigenvalue weighted by atomic mass is 16.4. The fraction of sp³-hybridized carbons (Fsp3) is 0.900. The van der Waals surface area contributed by atoms with Crippen LogP contribution in [-0.4, -0.2) is 55.4 Å². The van der Waals surface area contributed by atoms with Crippen LogP contribution in [0.3, 0.4) is 0 Å². The fourth-order valence-electron chi connectivity index (χ4n) is 10.9. The first-order valence-corrected chi connectivity index (χ1v) is 14.1. The molecule has 12 atom stereocenters. The summed E-state index contributed by atoms with van der Waals surface area (Å²) in [6, 6.07) is 0. The second kappa shape index (κ2) is 7.58. The second-order valence-corrected chi connectivity index (χ2v) is 14.9.